The summed E-state index contributed by atoms with van der Waals surface area (Å²) in [7, 11) is 0. The fraction of sp³-hybridized carbons (Fsp3) is 0.261. The van der Waals surface area contributed by atoms with E-state index in [1.807, 2.05) is 55.5 Å². The van der Waals surface area contributed by atoms with Gasteiger partial charge in [0.2, 0.25) is 5.82 Å². The first-order valence-corrected chi connectivity index (χ1v) is 9.97. The van der Waals surface area contributed by atoms with Crippen molar-refractivity contribution < 1.29 is 9.21 Å². The standard InChI is InChI=1S/C23H22N4O2/c1-15-8-2-3-9-16(15)14-24-23(28)21-25-19-17-10-4-5-11-18(17)29-20(19)22(26-21)27-12-6-7-13-27/h2-5,8-11H,6-7,12-14H2,1H3,(H,24,28). The molecule has 0 bridgehead atoms. The fourth-order valence-corrected chi connectivity index (χ4v) is 3.88. The van der Waals surface area contributed by atoms with Crippen LogP contribution in [0.15, 0.2) is 52.9 Å². The van der Waals surface area contributed by atoms with E-state index >= 15 is 0 Å². The third-order valence-electron chi connectivity index (χ3n) is 5.51. The van der Waals surface area contributed by atoms with Crippen molar-refractivity contribution >= 4 is 33.8 Å². The lowest BCUT2D eigenvalue weighted by Crippen LogP contribution is -2.27. The Hall–Kier alpha value is -3.41. The maximum atomic E-state index is 12.9. The van der Waals surface area contributed by atoms with E-state index in [0.717, 1.165) is 48.0 Å². The van der Waals surface area contributed by atoms with Crippen LogP contribution < -0.4 is 10.2 Å². The van der Waals surface area contributed by atoms with Crippen LogP contribution in [0.3, 0.4) is 0 Å². The van der Waals surface area contributed by atoms with Gasteiger partial charge in [-0.05, 0) is 43.0 Å². The number of para-hydroxylation sites is 1. The molecule has 1 saturated heterocycles. The third-order valence-corrected chi connectivity index (χ3v) is 5.51. The van der Waals surface area contributed by atoms with E-state index in [1.165, 1.54) is 0 Å². The van der Waals surface area contributed by atoms with Crippen molar-refractivity contribution in [1.29, 1.82) is 0 Å². The number of nitrogens with one attached hydrogen (secondary N) is 1. The average Bonchev–Trinajstić information content (AvgIpc) is 3.40. The fourth-order valence-electron chi connectivity index (χ4n) is 3.88. The molecule has 6 heteroatoms. The third kappa shape index (κ3) is 3.20. The molecule has 29 heavy (non-hydrogen) atoms. The summed E-state index contributed by atoms with van der Waals surface area (Å²) >= 11 is 0. The van der Waals surface area contributed by atoms with Crippen LogP contribution in [0.25, 0.3) is 22.1 Å². The second-order valence-electron chi connectivity index (χ2n) is 7.45. The lowest BCUT2D eigenvalue weighted by Gasteiger charge is -2.17. The minimum absolute atomic E-state index is 0.180. The Kier molecular flexibility index (Phi) is 4.39. The SMILES string of the molecule is Cc1ccccc1CNC(=O)c1nc(N2CCCC2)c2oc3ccccc3c2n1. The van der Waals surface area contributed by atoms with E-state index in [1.54, 1.807) is 0 Å². The number of carbonyl (C=O) groups excluding carboxylic acids is 1. The highest BCUT2D eigenvalue weighted by Gasteiger charge is 2.24. The molecule has 4 aromatic rings. The lowest BCUT2D eigenvalue weighted by molar-refractivity contribution is 0.0941. The Morgan fingerprint density at radius 2 is 1.83 bits per heavy atom. The van der Waals surface area contributed by atoms with Crippen molar-refractivity contribution in [3.8, 4) is 0 Å². The number of hydrogen-bond donors (Lipinski definition) is 1. The summed E-state index contributed by atoms with van der Waals surface area (Å²) in [5.41, 5.74) is 4.33. The zero-order valence-corrected chi connectivity index (χ0v) is 16.3. The number of anilines is 1. The highest BCUT2D eigenvalue weighted by Crippen LogP contribution is 2.34. The predicted octanol–water partition coefficient (Wildman–Crippen LogP) is 4.21. The maximum absolute atomic E-state index is 12.9. The molecule has 0 spiro atoms. The number of hydrogen-bond acceptors (Lipinski definition) is 5. The summed E-state index contributed by atoms with van der Waals surface area (Å²) in [5, 5.41) is 3.87. The zero-order chi connectivity index (χ0) is 19.8. The second-order valence-corrected chi connectivity index (χ2v) is 7.45. The zero-order valence-electron chi connectivity index (χ0n) is 16.3. The Labute approximate surface area is 168 Å². The van der Waals surface area contributed by atoms with Crippen LogP contribution in [0.4, 0.5) is 5.82 Å². The van der Waals surface area contributed by atoms with E-state index in [0.29, 0.717) is 23.5 Å². The van der Waals surface area contributed by atoms with Gasteiger partial charge in [-0.15, -0.1) is 0 Å². The molecular formula is C23H22N4O2. The van der Waals surface area contributed by atoms with Crippen LogP contribution in [0, 0.1) is 6.92 Å². The van der Waals surface area contributed by atoms with Gasteiger partial charge >= 0.3 is 0 Å². The van der Waals surface area contributed by atoms with Gasteiger partial charge in [0.1, 0.15) is 11.1 Å². The number of furan rings is 1. The molecule has 146 valence electrons. The second kappa shape index (κ2) is 7.20. The summed E-state index contributed by atoms with van der Waals surface area (Å²) in [6.07, 6.45) is 2.22. The summed E-state index contributed by atoms with van der Waals surface area (Å²) in [6.45, 7) is 4.30. The Morgan fingerprint density at radius 3 is 2.66 bits per heavy atom. The summed E-state index contributed by atoms with van der Waals surface area (Å²) in [6, 6.07) is 15.8. The molecule has 0 radical (unpaired) electrons. The molecule has 1 aliphatic rings. The first kappa shape index (κ1) is 17.7. The van der Waals surface area contributed by atoms with E-state index in [2.05, 4.69) is 20.2 Å². The number of nitrogens with zero attached hydrogens (tertiary/aromatic N) is 3. The number of carbonyl (C=O) groups is 1. The van der Waals surface area contributed by atoms with Crippen molar-refractivity contribution in [2.45, 2.75) is 26.3 Å². The normalized spacial score (nSPS) is 14.0. The van der Waals surface area contributed by atoms with Crippen LogP contribution in [0.1, 0.15) is 34.6 Å². The Bertz CT molecular complexity index is 1210. The van der Waals surface area contributed by atoms with Crippen LogP contribution in [0.5, 0.6) is 0 Å². The quantitative estimate of drug-likeness (QED) is 0.569. The molecule has 3 heterocycles. The number of fused-ring (bicyclic) bond motifs is 3. The van der Waals surface area contributed by atoms with Gasteiger partial charge in [0.15, 0.2) is 11.4 Å². The summed E-state index contributed by atoms with van der Waals surface area (Å²) < 4.78 is 6.08. The van der Waals surface area contributed by atoms with Crippen molar-refractivity contribution in [2.75, 3.05) is 18.0 Å². The van der Waals surface area contributed by atoms with Crippen molar-refractivity contribution in [2.24, 2.45) is 0 Å². The predicted molar refractivity (Wildman–Crippen MR) is 113 cm³/mol. The van der Waals surface area contributed by atoms with Gasteiger partial charge in [-0.3, -0.25) is 4.79 Å². The number of rotatable bonds is 4. The van der Waals surface area contributed by atoms with Gasteiger partial charge in [-0.1, -0.05) is 36.4 Å². The minimum Gasteiger partial charge on any atom is -0.450 e. The van der Waals surface area contributed by atoms with Gasteiger partial charge in [-0.2, -0.15) is 0 Å². The highest BCUT2D eigenvalue weighted by molar-refractivity contribution is 6.07. The van der Waals surface area contributed by atoms with Crippen LogP contribution in [-0.4, -0.2) is 29.0 Å². The number of aryl methyl sites for hydroxylation is 1. The first-order valence-electron chi connectivity index (χ1n) is 9.97. The molecule has 1 aliphatic heterocycles. The number of aromatic nitrogens is 2. The van der Waals surface area contributed by atoms with Crippen LogP contribution in [0.2, 0.25) is 0 Å². The van der Waals surface area contributed by atoms with Gasteiger partial charge in [0, 0.05) is 25.0 Å². The summed E-state index contributed by atoms with van der Waals surface area (Å²) in [4.78, 5) is 24.3. The molecule has 0 atom stereocenters. The number of benzene rings is 2. The van der Waals surface area contributed by atoms with Crippen molar-refractivity contribution in [1.82, 2.24) is 15.3 Å². The molecule has 1 N–H and O–H groups in total. The first-order chi connectivity index (χ1) is 14.2. The minimum atomic E-state index is -0.277. The molecule has 5 rings (SSSR count). The molecular weight excluding hydrogens is 364 g/mol. The van der Waals surface area contributed by atoms with Crippen molar-refractivity contribution in [3.05, 3.63) is 65.5 Å². The van der Waals surface area contributed by atoms with Crippen molar-refractivity contribution in [3.63, 3.8) is 0 Å². The topological polar surface area (TPSA) is 71.3 Å². The number of amides is 1. The molecule has 0 aliphatic carbocycles. The van der Waals surface area contributed by atoms with Gasteiger partial charge in [-0.25, -0.2) is 9.97 Å². The van der Waals surface area contributed by atoms with Gasteiger partial charge in [0.05, 0.1) is 0 Å². The lowest BCUT2D eigenvalue weighted by atomic mass is 10.1. The molecule has 0 saturated carbocycles. The maximum Gasteiger partial charge on any atom is 0.289 e. The van der Waals surface area contributed by atoms with E-state index < -0.39 is 0 Å². The molecule has 2 aromatic carbocycles. The van der Waals surface area contributed by atoms with Gasteiger partial charge in [0.25, 0.3) is 5.91 Å². The Balaban J connectivity index is 1.55. The molecule has 6 nitrogen and oxygen atoms in total. The van der Waals surface area contributed by atoms with Crippen LogP contribution >= 0.6 is 0 Å². The molecule has 2 aromatic heterocycles. The summed E-state index contributed by atoms with van der Waals surface area (Å²) in [5.74, 6) is 0.616. The van der Waals surface area contributed by atoms with E-state index in [-0.39, 0.29) is 11.7 Å². The molecule has 1 amide bonds. The Morgan fingerprint density at radius 1 is 1.07 bits per heavy atom. The highest BCUT2D eigenvalue weighted by atomic mass is 16.3. The molecule has 0 unspecified atom stereocenters. The smallest absolute Gasteiger partial charge is 0.289 e. The largest absolute Gasteiger partial charge is 0.450 e. The molecule has 1 fully saturated rings. The van der Waals surface area contributed by atoms with Crippen LogP contribution in [-0.2, 0) is 6.54 Å². The monoisotopic (exact) mass is 386 g/mol. The van der Waals surface area contributed by atoms with E-state index in [4.69, 9.17) is 4.42 Å². The van der Waals surface area contributed by atoms with E-state index in [9.17, 15) is 4.79 Å². The average molecular weight is 386 g/mol. The van der Waals surface area contributed by atoms with Gasteiger partial charge < -0.3 is 14.6 Å².